The highest BCUT2D eigenvalue weighted by Gasteiger charge is 2.18. The molecular weight excluding hydrogens is 340 g/mol. The number of rotatable bonds is 5. The number of nitrogens with zero attached hydrogens (tertiary/aromatic N) is 1. The fourth-order valence-electron chi connectivity index (χ4n) is 2.28. The highest BCUT2D eigenvalue weighted by molar-refractivity contribution is 7.12. The summed E-state index contributed by atoms with van der Waals surface area (Å²) in [4.78, 5) is 28.4. The number of hydrogen-bond acceptors (Lipinski definition) is 4. The number of para-hydroxylation sites is 1. The largest absolute Gasteiger partial charge is 0.336 e. The number of hydrogen-bond donors (Lipinski definition) is 1. The molecule has 0 unspecified atom stereocenters. The van der Waals surface area contributed by atoms with Crippen molar-refractivity contribution in [3.8, 4) is 0 Å². The number of carbonyl (C=O) groups is 2. The van der Waals surface area contributed by atoms with Gasteiger partial charge in [0, 0.05) is 11.9 Å². The molecule has 24 heavy (non-hydrogen) atoms. The van der Waals surface area contributed by atoms with Gasteiger partial charge >= 0.3 is 0 Å². The average Bonchev–Trinajstić information content (AvgIpc) is 3.28. The Morgan fingerprint density at radius 2 is 1.75 bits per heavy atom. The molecular formula is C18H16N2O2S2. The van der Waals surface area contributed by atoms with Crippen LogP contribution in [0.1, 0.15) is 24.9 Å². The Kier molecular flexibility index (Phi) is 5.08. The topological polar surface area (TPSA) is 49.4 Å². The van der Waals surface area contributed by atoms with Gasteiger partial charge < -0.3 is 10.2 Å². The maximum atomic E-state index is 12.7. The van der Waals surface area contributed by atoms with Crippen molar-refractivity contribution < 1.29 is 9.59 Å². The van der Waals surface area contributed by atoms with Crippen LogP contribution in [0.5, 0.6) is 0 Å². The molecule has 2 heterocycles. The Bertz CT molecular complexity index is 827. The molecule has 3 rings (SSSR count). The van der Waals surface area contributed by atoms with E-state index in [9.17, 15) is 9.59 Å². The normalized spacial score (nSPS) is 10.4. The number of thiophene rings is 2. The van der Waals surface area contributed by atoms with Crippen molar-refractivity contribution in [2.75, 3.05) is 12.4 Å². The summed E-state index contributed by atoms with van der Waals surface area (Å²) in [5.41, 5.74) is 1.01. The van der Waals surface area contributed by atoms with Crippen LogP contribution in [0.2, 0.25) is 0 Å². The molecule has 0 bridgehead atoms. The van der Waals surface area contributed by atoms with Gasteiger partial charge in [-0.2, -0.15) is 0 Å². The van der Waals surface area contributed by atoms with Crippen LogP contribution in [-0.2, 0) is 6.54 Å². The molecule has 0 radical (unpaired) electrons. The molecule has 6 heteroatoms. The van der Waals surface area contributed by atoms with E-state index in [0.29, 0.717) is 22.7 Å². The third-order valence-electron chi connectivity index (χ3n) is 3.47. The van der Waals surface area contributed by atoms with Gasteiger partial charge in [-0.05, 0) is 35.0 Å². The van der Waals surface area contributed by atoms with Crippen molar-refractivity contribution >= 4 is 40.2 Å². The Balaban J connectivity index is 1.78. The van der Waals surface area contributed by atoms with E-state index in [0.717, 1.165) is 4.88 Å². The minimum absolute atomic E-state index is 0.120. The van der Waals surface area contributed by atoms with Gasteiger partial charge in [0.15, 0.2) is 0 Å². The second kappa shape index (κ2) is 7.42. The van der Waals surface area contributed by atoms with Gasteiger partial charge in [-0.1, -0.05) is 24.3 Å². The lowest BCUT2D eigenvalue weighted by Crippen LogP contribution is -2.27. The van der Waals surface area contributed by atoms with Crippen LogP contribution in [0.4, 0.5) is 5.69 Å². The molecule has 0 aliphatic heterocycles. The molecule has 0 spiro atoms. The number of carbonyl (C=O) groups excluding carboxylic acids is 2. The minimum Gasteiger partial charge on any atom is -0.336 e. The van der Waals surface area contributed by atoms with Gasteiger partial charge in [0.05, 0.1) is 22.7 Å². The first-order valence-electron chi connectivity index (χ1n) is 7.37. The number of anilines is 1. The predicted molar refractivity (Wildman–Crippen MR) is 98.8 cm³/mol. The maximum Gasteiger partial charge on any atom is 0.265 e. The Morgan fingerprint density at radius 1 is 1.00 bits per heavy atom. The lowest BCUT2D eigenvalue weighted by molar-refractivity contribution is 0.0787. The quantitative estimate of drug-likeness (QED) is 0.739. The van der Waals surface area contributed by atoms with Crippen molar-refractivity contribution in [2.45, 2.75) is 6.54 Å². The zero-order chi connectivity index (χ0) is 16.9. The van der Waals surface area contributed by atoms with Crippen molar-refractivity contribution in [3.05, 3.63) is 74.6 Å². The maximum absolute atomic E-state index is 12.7. The minimum atomic E-state index is -0.203. The highest BCUT2D eigenvalue weighted by atomic mass is 32.1. The molecule has 0 saturated heterocycles. The van der Waals surface area contributed by atoms with Crippen LogP contribution in [0, 0.1) is 0 Å². The summed E-state index contributed by atoms with van der Waals surface area (Å²) in [5, 5.41) is 6.67. The standard InChI is InChI=1S/C18H16N2O2S2/c1-20(12-13-6-4-10-23-13)18(22)14-7-2-3-8-15(14)19-17(21)16-9-5-11-24-16/h2-11H,12H2,1H3,(H,19,21). The van der Waals surface area contributed by atoms with E-state index in [2.05, 4.69) is 5.32 Å². The molecule has 3 aromatic rings. The summed E-state index contributed by atoms with van der Waals surface area (Å²) in [6.07, 6.45) is 0. The molecule has 4 nitrogen and oxygen atoms in total. The number of benzene rings is 1. The SMILES string of the molecule is CN(Cc1cccs1)C(=O)c1ccccc1NC(=O)c1cccs1. The number of nitrogens with one attached hydrogen (secondary N) is 1. The fraction of sp³-hybridized carbons (Fsp3) is 0.111. The molecule has 2 amide bonds. The summed E-state index contributed by atoms with van der Waals surface area (Å²) >= 11 is 2.98. The molecule has 2 aromatic heterocycles. The molecule has 1 aromatic carbocycles. The van der Waals surface area contributed by atoms with Crippen LogP contribution in [-0.4, -0.2) is 23.8 Å². The highest BCUT2D eigenvalue weighted by Crippen LogP contribution is 2.20. The van der Waals surface area contributed by atoms with Crippen LogP contribution >= 0.6 is 22.7 Å². The second-order valence-corrected chi connectivity index (χ2v) is 7.20. The van der Waals surface area contributed by atoms with Crippen molar-refractivity contribution in [3.63, 3.8) is 0 Å². The van der Waals surface area contributed by atoms with E-state index in [4.69, 9.17) is 0 Å². The Labute approximate surface area is 148 Å². The zero-order valence-corrected chi connectivity index (χ0v) is 14.7. The molecule has 0 saturated carbocycles. The predicted octanol–water partition coefficient (Wildman–Crippen LogP) is 4.33. The van der Waals surface area contributed by atoms with Gasteiger partial charge in [0.25, 0.3) is 11.8 Å². The molecule has 0 fully saturated rings. The Morgan fingerprint density at radius 3 is 2.46 bits per heavy atom. The first-order valence-corrected chi connectivity index (χ1v) is 9.13. The molecule has 0 aliphatic carbocycles. The average molecular weight is 356 g/mol. The first kappa shape index (κ1) is 16.4. The van der Waals surface area contributed by atoms with Gasteiger partial charge in [-0.3, -0.25) is 9.59 Å². The van der Waals surface area contributed by atoms with E-state index in [-0.39, 0.29) is 11.8 Å². The Hall–Kier alpha value is -2.44. The van der Waals surface area contributed by atoms with E-state index >= 15 is 0 Å². The van der Waals surface area contributed by atoms with Crippen molar-refractivity contribution in [1.29, 1.82) is 0 Å². The molecule has 0 atom stereocenters. The van der Waals surface area contributed by atoms with Gasteiger partial charge in [0.2, 0.25) is 0 Å². The third-order valence-corrected chi connectivity index (χ3v) is 5.20. The number of amides is 2. The first-order chi connectivity index (χ1) is 11.6. The van der Waals surface area contributed by atoms with Gasteiger partial charge in [0.1, 0.15) is 0 Å². The molecule has 122 valence electrons. The lowest BCUT2D eigenvalue weighted by Gasteiger charge is -2.18. The lowest BCUT2D eigenvalue weighted by atomic mass is 10.1. The summed E-state index contributed by atoms with van der Waals surface area (Å²) in [5.74, 6) is -0.323. The summed E-state index contributed by atoms with van der Waals surface area (Å²) in [6.45, 7) is 0.545. The summed E-state index contributed by atoms with van der Waals surface area (Å²) < 4.78 is 0. The third kappa shape index (κ3) is 3.72. The molecule has 0 aliphatic rings. The van der Waals surface area contributed by atoms with E-state index < -0.39 is 0 Å². The zero-order valence-electron chi connectivity index (χ0n) is 13.1. The van der Waals surface area contributed by atoms with Crippen LogP contribution < -0.4 is 5.32 Å². The van der Waals surface area contributed by atoms with Crippen molar-refractivity contribution in [2.24, 2.45) is 0 Å². The van der Waals surface area contributed by atoms with Crippen LogP contribution in [0.15, 0.2) is 59.3 Å². The van der Waals surface area contributed by atoms with E-state index in [1.54, 1.807) is 53.6 Å². The monoisotopic (exact) mass is 356 g/mol. The summed E-state index contributed by atoms with van der Waals surface area (Å²) in [6, 6.07) is 14.6. The molecule has 1 N–H and O–H groups in total. The van der Waals surface area contributed by atoms with Crippen LogP contribution in [0.3, 0.4) is 0 Å². The van der Waals surface area contributed by atoms with Crippen molar-refractivity contribution in [1.82, 2.24) is 4.90 Å². The fourth-order valence-corrected chi connectivity index (χ4v) is 3.66. The van der Waals surface area contributed by atoms with Gasteiger partial charge in [-0.25, -0.2) is 0 Å². The summed E-state index contributed by atoms with van der Waals surface area (Å²) in [7, 11) is 1.76. The van der Waals surface area contributed by atoms with E-state index in [1.807, 2.05) is 29.0 Å². The second-order valence-electron chi connectivity index (χ2n) is 5.22. The van der Waals surface area contributed by atoms with E-state index in [1.165, 1.54) is 11.3 Å². The smallest absolute Gasteiger partial charge is 0.265 e. The van der Waals surface area contributed by atoms with Crippen LogP contribution in [0.25, 0.3) is 0 Å². The van der Waals surface area contributed by atoms with Gasteiger partial charge in [-0.15, -0.1) is 22.7 Å².